The molecule has 5 heteroatoms. The van der Waals surface area contributed by atoms with Crippen LogP contribution in [0.15, 0.2) is 6.07 Å². The molecule has 2 aliphatic heterocycles. The van der Waals surface area contributed by atoms with Gasteiger partial charge in [-0.05, 0) is 24.8 Å². The van der Waals surface area contributed by atoms with E-state index in [-0.39, 0.29) is 5.75 Å². The number of anilines is 1. The van der Waals surface area contributed by atoms with Gasteiger partial charge in [-0.2, -0.15) is 0 Å². The number of likely N-dealkylation sites (N-methyl/N-ethyl adjacent to an activating group) is 1. The minimum atomic E-state index is -0.792. The molecule has 1 unspecified atom stereocenters. The molecule has 1 aromatic rings. The number of phenols is 1. The normalized spacial score (nSPS) is 21.3. The first-order chi connectivity index (χ1) is 9.08. The lowest BCUT2D eigenvalue weighted by atomic mass is 9.92. The van der Waals surface area contributed by atoms with Crippen LogP contribution in [0.5, 0.6) is 11.5 Å². The average molecular weight is 263 g/mol. The monoisotopic (exact) mass is 263 g/mol. The Hall–Kier alpha value is -1.91. The zero-order valence-corrected chi connectivity index (χ0v) is 10.8. The van der Waals surface area contributed by atoms with Gasteiger partial charge >= 0.3 is 5.97 Å². The molecule has 1 atom stereocenters. The minimum Gasteiger partial charge on any atom is -0.504 e. The number of hydrogen-bond acceptors (Lipinski definition) is 4. The molecule has 0 bridgehead atoms. The molecule has 2 N–H and O–H groups in total. The zero-order valence-electron chi connectivity index (χ0n) is 10.8. The molecule has 3 rings (SSSR count). The molecule has 2 aliphatic rings. The third-order valence-corrected chi connectivity index (χ3v) is 4.07. The van der Waals surface area contributed by atoms with E-state index >= 15 is 0 Å². The number of aromatic hydroxyl groups is 1. The lowest BCUT2D eigenvalue weighted by Gasteiger charge is -2.17. The molecule has 1 aromatic carbocycles. The number of nitrogens with zero attached hydrogens (tertiary/aromatic N) is 1. The Morgan fingerprint density at radius 3 is 3.00 bits per heavy atom. The van der Waals surface area contributed by atoms with Crippen LogP contribution in [-0.2, 0) is 17.6 Å². The molecule has 0 aromatic heterocycles. The van der Waals surface area contributed by atoms with E-state index in [1.54, 1.807) is 6.07 Å². The first kappa shape index (κ1) is 12.1. The number of carboxylic acids is 1. The Morgan fingerprint density at radius 2 is 2.26 bits per heavy atom. The Morgan fingerprint density at radius 1 is 1.47 bits per heavy atom. The van der Waals surface area contributed by atoms with Crippen LogP contribution in [0.3, 0.4) is 0 Å². The van der Waals surface area contributed by atoms with E-state index < -0.39 is 11.9 Å². The summed E-state index contributed by atoms with van der Waals surface area (Å²) in [5.41, 5.74) is 3.00. The summed E-state index contributed by atoms with van der Waals surface area (Å²) < 4.78 is 5.59. The number of ether oxygens (including phenoxy) is 1. The molecule has 0 radical (unpaired) electrons. The third kappa shape index (κ3) is 1.89. The first-order valence-corrected chi connectivity index (χ1v) is 6.52. The largest absolute Gasteiger partial charge is 0.504 e. The van der Waals surface area contributed by atoms with Gasteiger partial charge in [0.05, 0.1) is 12.5 Å². The fraction of sp³-hybridized carbons (Fsp3) is 0.500. The summed E-state index contributed by atoms with van der Waals surface area (Å²) >= 11 is 0. The van der Waals surface area contributed by atoms with Crippen molar-refractivity contribution >= 4 is 11.7 Å². The summed E-state index contributed by atoms with van der Waals surface area (Å²) in [4.78, 5) is 13.3. The number of fused-ring (bicyclic) bond motifs is 3. The zero-order chi connectivity index (χ0) is 13.6. The molecule has 0 fully saturated rings. The molecule has 0 aliphatic carbocycles. The lowest BCUT2D eigenvalue weighted by molar-refractivity contribution is -0.142. The lowest BCUT2D eigenvalue weighted by Crippen LogP contribution is -2.17. The highest BCUT2D eigenvalue weighted by Crippen LogP contribution is 2.44. The number of benzene rings is 1. The highest BCUT2D eigenvalue weighted by molar-refractivity contribution is 5.73. The minimum absolute atomic E-state index is 0.119. The number of carbonyl (C=O) groups is 1. The van der Waals surface area contributed by atoms with E-state index in [1.165, 1.54) is 0 Å². The summed E-state index contributed by atoms with van der Waals surface area (Å²) in [7, 11) is 1.98. The number of aliphatic carboxylic acids is 1. The van der Waals surface area contributed by atoms with E-state index in [9.17, 15) is 15.0 Å². The summed E-state index contributed by atoms with van der Waals surface area (Å²) in [5, 5.41) is 19.3. The van der Waals surface area contributed by atoms with Crippen molar-refractivity contribution in [1.82, 2.24) is 0 Å². The van der Waals surface area contributed by atoms with Crippen molar-refractivity contribution in [1.29, 1.82) is 0 Å². The Labute approximate surface area is 111 Å². The van der Waals surface area contributed by atoms with Gasteiger partial charge in [-0.25, -0.2) is 0 Å². The second-order valence-electron chi connectivity index (χ2n) is 5.25. The highest BCUT2D eigenvalue weighted by Gasteiger charge is 2.31. The third-order valence-electron chi connectivity index (χ3n) is 4.07. The fourth-order valence-electron chi connectivity index (χ4n) is 2.99. The van der Waals surface area contributed by atoms with E-state index in [0.717, 1.165) is 29.8 Å². The van der Waals surface area contributed by atoms with E-state index in [2.05, 4.69) is 4.90 Å². The van der Waals surface area contributed by atoms with Crippen LogP contribution < -0.4 is 9.64 Å². The fourth-order valence-corrected chi connectivity index (χ4v) is 2.99. The predicted octanol–water partition coefficient (Wildman–Crippen LogP) is 1.41. The highest BCUT2D eigenvalue weighted by atomic mass is 16.5. The maximum Gasteiger partial charge on any atom is 0.306 e. The summed E-state index contributed by atoms with van der Waals surface area (Å²) in [6.07, 6.45) is 1.80. The summed E-state index contributed by atoms with van der Waals surface area (Å²) in [6.45, 7) is 1.23. The van der Waals surface area contributed by atoms with Crippen molar-refractivity contribution in [3.8, 4) is 11.5 Å². The molecule has 0 saturated heterocycles. The van der Waals surface area contributed by atoms with Gasteiger partial charge in [0.15, 0.2) is 11.5 Å². The van der Waals surface area contributed by atoms with Gasteiger partial charge in [-0.1, -0.05) is 0 Å². The van der Waals surface area contributed by atoms with E-state index in [4.69, 9.17) is 4.74 Å². The standard InChI is InChI=1S/C14H17NO4/c1-15-4-2-9-10-6-8(14(17)18)3-5-19-13(10)12(16)7-11(9)15/h7-8,16H,2-6H2,1H3,(H,17,18). The van der Waals surface area contributed by atoms with Crippen LogP contribution in [0.25, 0.3) is 0 Å². The Bertz CT molecular complexity index is 541. The predicted molar refractivity (Wildman–Crippen MR) is 70.0 cm³/mol. The van der Waals surface area contributed by atoms with Gasteiger partial charge in [0.2, 0.25) is 0 Å². The summed E-state index contributed by atoms with van der Waals surface area (Å²) in [6, 6.07) is 1.72. The number of carboxylic acid groups (broad SMARTS) is 1. The maximum atomic E-state index is 11.2. The van der Waals surface area contributed by atoms with Crippen molar-refractivity contribution in [2.24, 2.45) is 5.92 Å². The number of rotatable bonds is 1. The molecule has 0 saturated carbocycles. The Kier molecular flexibility index (Phi) is 2.77. The van der Waals surface area contributed by atoms with Gasteiger partial charge in [0, 0.05) is 30.9 Å². The number of phenolic OH excluding ortho intramolecular Hbond substituents is 1. The second kappa shape index (κ2) is 4.33. The Balaban J connectivity index is 2.11. The topological polar surface area (TPSA) is 70.0 Å². The van der Waals surface area contributed by atoms with Crippen molar-refractivity contribution in [2.45, 2.75) is 19.3 Å². The molecular weight excluding hydrogens is 246 g/mol. The van der Waals surface area contributed by atoms with Gasteiger partial charge in [-0.3, -0.25) is 4.79 Å². The molecule has 2 heterocycles. The van der Waals surface area contributed by atoms with Crippen molar-refractivity contribution in [3.05, 3.63) is 17.2 Å². The van der Waals surface area contributed by atoms with Crippen LogP contribution >= 0.6 is 0 Å². The van der Waals surface area contributed by atoms with Crippen molar-refractivity contribution in [3.63, 3.8) is 0 Å². The first-order valence-electron chi connectivity index (χ1n) is 6.52. The van der Waals surface area contributed by atoms with Gasteiger partial charge < -0.3 is 19.8 Å². The maximum absolute atomic E-state index is 11.2. The van der Waals surface area contributed by atoms with Crippen LogP contribution in [0, 0.1) is 5.92 Å². The number of hydrogen-bond donors (Lipinski definition) is 2. The van der Waals surface area contributed by atoms with Crippen molar-refractivity contribution < 1.29 is 19.7 Å². The molecule has 0 spiro atoms. The SMILES string of the molecule is CN1CCc2c1cc(O)c1c2CC(C(=O)O)CCO1. The van der Waals surface area contributed by atoms with Crippen LogP contribution in [0.2, 0.25) is 0 Å². The second-order valence-corrected chi connectivity index (χ2v) is 5.25. The molecular formula is C14H17NO4. The average Bonchev–Trinajstić information content (AvgIpc) is 2.63. The van der Waals surface area contributed by atoms with E-state index in [0.29, 0.717) is 25.2 Å². The summed E-state index contributed by atoms with van der Waals surface area (Å²) in [5.74, 6) is -0.621. The molecule has 102 valence electrons. The van der Waals surface area contributed by atoms with Gasteiger partial charge in [0.1, 0.15) is 0 Å². The van der Waals surface area contributed by atoms with Gasteiger partial charge in [0.25, 0.3) is 0 Å². The van der Waals surface area contributed by atoms with Crippen LogP contribution in [0.1, 0.15) is 17.5 Å². The quantitative estimate of drug-likeness (QED) is 0.801. The van der Waals surface area contributed by atoms with Gasteiger partial charge in [-0.15, -0.1) is 0 Å². The molecule has 0 amide bonds. The van der Waals surface area contributed by atoms with Crippen LogP contribution in [-0.4, -0.2) is 36.4 Å². The van der Waals surface area contributed by atoms with E-state index in [1.807, 2.05) is 7.05 Å². The van der Waals surface area contributed by atoms with Crippen LogP contribution in [0.4, 0.5) is 5.69 Å². The molecule has 5 nitrogen and oxygen atoms in total. The smallest absolute Gasteiger partial charge is 0.306 e. The molecule has 19 heavy (non-hydrogen) atoms. The van der Waals surface area contributed by atoms with Crippen molar-refractivity contribution in [2.75, 3.05) is 25.1 Å².